The fourth-order valence-electron chi connectivity index (χ4n) is 3.42. The van der Waals surface area contributed by atoms with E-state index in [9.17, 15) is 4.79 Å². The molecule has 1 aromatic rings. The van der Waals surface area contributed by atoms with Gasteiger partial charge >= 0.3 is 0 Å². The number of carbonyl (C=O) groups excluding carboxylic acids is 1. The van der Waals surface area contributed by atoms with Crippen LogP contribution in [0.2, 0.25) is 0 Å². The van der Waals surface area contributed by atoms with Crippen LogP contribution in [0.15, 0.2) is 11.4 Å². The fourth-order valence-corrected chi connectivity index (χ4v) is 4.31. The van der Waals surface area contributed by atoms with Gasteiger partial charge in [0.2, 0.25) is 5.91 Å². The largest absolute Gasteiger partial charge is 0.355 e. The molecule has 0 spiro atoms. The van der Waals surface area contributed by atoms with Gasteiger partial charge in [-0.15, -0.1) is 11.3 Å². The Balaban J connectivity index is 1.37. The predicted octanol–water partition coefficient (Wildman–Crippen LogP) is 2.00. The van der Waals surface area contributed by atoms with Crippen molar-refractivity contribution >= 4 is 17.2 Å². The van der Waals surface area contributed by atoms with E-state index in [2.05, 4.69) is 33.9 Å². The van der Waals surface area contributed by atoms with E-state index in [1.54, 1.807) is 0 Å². The van der Waals surface area contributed by atoms with Gasteiger partial charge in [-0.2, -0.15) is 0 Å². The average Bonchev–Trinajstić information content (AvgIpc) is 3.20. The normalized spacial score (nSPS) is 23.2. The molecule has 0 aliphatic carbocycles. The Kier molecular flexibility index (Phi) is 5.50. The van der Waals surface area contributed by atoms with E-state index in [0.717, 1.165) is 45.6 Å². The fraction of sp³-hybridized carbons (Fsp3) is 0.706. The van der Waals surface area contributed by atoms with Crippen LogP contribution in [0.1, 0.15) is 36.6 Å². The van der Waals surface area contributed by atoms with Gasteiger partial charge in [-0.25, -0.2) is 0 Å². The molecule has 0 saturated carbocycles. The molecule has 0 aromatic carbocycles. The Hall–Kier alpha value is -0.910. The molecular weight excluding hydrogens is 294 g/mol. The van der Waals surface area contributed by atoms with Crippen molar-refractivity contribution in [1.29, 1.82) is 0 Å². The zero-order chi connectivity index (χ0) is 15.4. The van der Waals surface area contributed by atoms with E-state index in [0.29, 0.717) is 18.4 Å². The van der Waals surface area contributed by atoms with Crippen LogP contribution in [0, 0.1) is 5.92 Å². The zero-order valence-corrected chi connectivity index (χ0v) is 14.3. The molecule has 2 unspecified atom stereocenters. The average molecular weight is 321 g/mol. The van der Waals surface area contributed by atoms with E-state index in [1.165, 1.54) is 16.9 Å². The maximum absolute atomic E-state index is 12.0. The number of fused-ring (bicyclic) bond motifs is 1. The van der Waals surface area contributed by atoms with Gasteiger partial charge in [-0.3, -0.25) is 9.69 Å². The molecule has 2 aliphatic rings. The van der Waals surface area contributed by atoms with Crippen molar-refractivity contribution < 1.29 is 4.79 Å². The Morgan fingerprint density at radius 3 is 3.32 bits per heavy atom. The minimum atomic E-state index is 0.215. The van der Waals surface area contributed by atoms with Crippen LogP contribution in [0.4, 0.5) is 0 Å². The van der Waals surface area contributed by atoms with Gasteiger partial charge in [0.25, 0.3) is 0 Å². The summed E-state index contributed by atoms with van der Waals surface area (Å²) in [6.07, 6.45) is 4.07. The van der Waals surface area contributed by atoms with Crippen molar-refractivity contribution in [1.82, 2.24) is 15.5 Å². The standard InChI is InChI=1S/C17H27N3OS/c1-13(20-8-5-16-15(12-20)6-9-22-16)10-19-17(21)3-2-14-4-7-18-11-14/h6,9,13-14,18H,2-5,7-8,10-12H2,1H3,(H,19,21). The lowest BCUT2D eigenvalue weighted by Crippen LogP contribution is -2.44. The van der Waals surface area contributed by atoms with Gasteiger partial charge in [-0.1, -0.05) is 0 Å². The lowest BCUT2D eigenvalue weighted by molar-refractivity contribution is -0.121. The first kappa shape index (κ1) is 16.0. The number of nitrogens with one attached hydrogen (secondary N) is 2. The summed E-state index contributed by atoms with van der Waals surface area (Å²) < 4.78 is 0. The molecule has 1 amide bonds. The number of rotatable bonds is 6. The molecule has 2 atom stereocenters. The first-order chi connectivity index (χ1) is 10.7. The second-order valence-electron chi connectivity index (χ2n) is 6.64. The van der Waals surface area contributed by atoms with Crippen LogP contribution in [0.25, 0.3) is 0 Å². The molecule has 3 heterocycles. The molecule has 1 fully saturated rings. The van der Waals surface area contributed by atoms with Crippen molar-refractivity contribution in [3.8, 4) is 0 Å². The van der Waals surface area contributed by atoms with Gasteiger partial charge in [0.1, 0.15) is 0 Å². The lowest BCUT2D eigenvalue weighted by atomic mass is 10.0. The van der Waals surface area contributed by atoms with Gasteiger partial charge < -0.3 is 10.6 Å². The Morgan fingerprint density at radius 1 is 1.59 bits per heavy atom. The van der Waals surface area contributed by atoms with Crippen molar-refractivity contribution in [2.24, 2.45) is 5.92 Å². The first-order valence-corrected chi connectivity index (χ1v) is 9.37. The number of hydrogen-bond donors (Lipinski definition) is 2. The minimum Gasteiger partial charge on any atom is -0.355 e. The molecule has 22 heavy (non-hydrogen) atoms. The smallest absolute Gasteiger partial charge is 0.220 e. The summed E-state index contributed by atoms with van der Waals surface area (Å²) >= 11 is 1.87. The minimum absolute atomic E-state index is 0.215. The summed E-state index contributed by atoms with van der Waals surface area (Å²) in [5, 5.41) is 8.67. The van der Waals surface area contributed by atoms with Crippen LogP contribution < -0.4 is 10.6 Å². The van der Waals surface area contributed by atoms with E-state index in [1.807, 2.05) is 11.3 Å². The second kappa shape index (κ2) is 7.57. The third-order valence-corrected chi connectivity index (χ3v) is 6.02. The Morgan fingerprint density at radius 2 is 2.50 bits per heavy atom. The van der Waals surface area contributed by atoms with E-state index < -0.39 is 0 Å². The van der Waals surface area contributed by atoms with Gasteiger partial charge in [0.15, 0.2) is 0 Å². The van der Waals surface area contributed by atoms with Gasteiger partial charge in [-0.05, 0) is 62.2 Å². The predicted molar refractivity (Wildman–Crippen MR) is 91.1 cm³/mol. The molecule has 0 radical (unpaired) electrons. The Bertz CT molecular complexity index is 496. The zero-order valence-electron chi connectivity index (χ0n) is 13.4. The van der Waals surface area contributed by atoms with Crippen LogP contribution in [0.5, 0.6) is 0 Å². The van der Waals surface area contributed by atoms with Crippen molar-refractivity contribution in [3.63, 3.8) is 0 Å². The molecule has 1 saturated heterocycles. The molecule has 1 aromatic heterocycles. The van der Waals surface area contributed by atoms with E-state index in [-0.39, 0.29) is 5.91 Å². The quantitative estimate of drug-likeness (QED) is 0.842. The summed E-state index contributed by atoms with van der Waals surface area (Å²) in [5.41, 5.74) is 1.48. The van der Waals surface area contributed by atoms with Gasteiger partial charge in [0, 0.05) is 37.0 Å². The number of thiophene rings is 1. The number of amides is 1. The highest BCUT2D eigenvalue weighted by atomic mass is 32.1. The highest BCUT2D eigenvalue weighted by molar-refractivity contribution is 7.10. The first-order valence-electron chi connectivity index (χ1n) is 8.49. The lowest BCUT2D eigenvalue weighted by Gasteiger charge is -2.32. The van der Waals surface area contributed by atoms with Crippen molar-refractivity contribution in [2.45, 2.75) is 45.2 Å². The molecule has 122 valence electrons. The van der Waals surface area contributed by atoms with Crippen molar-refractivity contribution in [3.05, 3.63) is 21.9 Å². The highest BCUT2D eigenvalue weighted by Gasteiger charge is 2.22. The second-order valence-corrected chi connectivity index (χ2v) is 7.64. The molecular formula is C17H27N3OS. The molecule has 2 aliphatic heterocycles. The van der Waals surface area contributed by atoms with Crippen LogP contribution >= 0.6 is 11.3 Å². The number of hydrogen-bond acceptors (Lipinski definition) is 4. The highest BCUT2D eigenvalue weighted by Crippen LogP contribution is 2.25. The summed E-state index contributed by atoms with van der Waals surface area (Å²) in [6.45, 7) is 7.32. The maximum Gasteiger partial charge on any atom is 0.220 e. The summed E-state index contributed by atoms with van der Waals surface area (Å²) in [4.78, 5) is 16.0. The van der Waals surface area contributed by atoms with Gasteiger partial charge in [0.05, 0.1) is 0 Å². The van der Waals surface area contributed by atoms with Crippen LogP contribution in [0.3, 0.4) is 0 Å². The number of nitrogens with zero attached hydrogens (tertiary/aromatic N) is 1. The molecule has 4 nitrogen and oxygen atoms in total. The maximum atomic E-state index is 12.0. The molecule has 0 bridgehead atoms. The topological polar surface area (TPSA) is 44.4 Å². The third kappa shape index (κ3) is 4.09. The SMILES string of the molecule is CC(CNC(=O)CCC1CCNC1)N1CCc2sccc2C1. The summed E-state index contributed by atoms with van der Waals surface area (Å²) in [7, 11) is 0. The molecule has 2 N–H and O–H groups in total. The van der Waals surface area contributed by atoms with E-state index >= 15 is 0 Å². The van der Waals surface area contributed by atoms with Crippen LogP contribution in [-0.2, 0) is 17.8 Å². The van der Waals surface area contributed by atoms with Crippen molar-refractivity contribution in [2.75, 3.05) is 26.2 Å². The molecule has 5 heteroatoms. The van der Waals surface area contributed by atoms with Crippen LogP contribution in [-0.4, -0.2) is 43.0 Å². The van der Waals surface area contributed by atoms with E-state index in [4.69, 9.17) is 0 Å². The monoisotopic (exact) mass is 321 g/mol. The third-order valence-electron chi connectivity index (χ3n) is 5.00. The summed E-state index contributed by atoms with van der Waals surface area (Å²) in [6, 6.07) is 2.65. The number of carbonyl (C=O) groups is 1. The molecule has 3 rings (SSSR count). The Labute approximate surface area is 137 Å². The summed E-state index contributed by atoms with van der Waals surface area (Å²) in [5.74, 6) is 0.911.